The number of hydrogen-bond acceptors (Lipinski definition) is 3. The quantitative estimate of drug-likeness (QED) is 0.876. The Balaban J connectivity index is 2.23. The molecule has 0 aromatic heterocycles. The monoisotopic (exact) mass is 295 g/mol. The molecule has 0 aliphatic heterocycles. The number of carbonyl (C=O) groups excluding carboxylic acids is 2. The number of Topliss-reactive ketones (excluding diaryl/α,β-unsaturated/α-hetero) is 1. The van der Waals surface area contributed by atoms with Crippen LogP contribution in [0.3, 0.4) is 0 Å². The SMILES string of the molecule is CC(C)(C)OC(=O)NCCC(=O)CCc1ccccc1F. The molecule has 0 saturated carbocycles. The molecule has 0 spiro atoms. The Labute approximate surface area is 124 Å². The standard InChI is InChI=1S/C16H22FNO3/c1-16(2,3)21-15(20)18-11-10-13(19)9-8-12-6-4-5-7-14(12)17/h4-7H,8-11H2,1-3H3,(H,18,20). The zero-order valence-corrected chi connectivity index (χ0v) is 12.7. The summed E-state index contributed by atoms with van der Waals surface area (Å²) < 4.78 is 18.4. The van der Waals surface area contributed by atoms with E-state index in [9.17, 15) is 14.0 Å². The molecule has 4 nitrogen and oxygen atoms in total. The van der Waals surface area contributed by atoms with E-state index in [0.717, 1.165) is 0 Å². The summed E-state index contributed by atoms with van der Waals surface area (Å²) in [5, 5.41) is 2.52. The van der Waals surface area contributed by atoms with E-state index in [-0.39, 0.29) is 31.0 Å². The lowest BCUT2D eigenvalue weighted by Crippen LogP contribution is -2.33. The summed E-state index contributed by atoms with van der Waals surface area (Å²) in [6.45, 7) is 5.54. The lowest BCUT2D eigenvalue weighted by atomic mass is 10.1. The van der Waals surface area contributed by atoms with Gasteiger partial charge in [0.25, 0.3) is 0 Å². The molecule has 0 unspecified atom stereocenters. The van der Waals surface area contributed by atoms with Gasteiger partial charge in [-0.05, 0) is 38.8 Å². The Bertz CT molecular complexity index is 495. The highest BCUT2D eigenvalue weighted by molar-refractivity contribution is 5.79. The number of halogens is 1. The van der Waals surface area contributed by atoms with E-state index in [4.69, 9.17) is 4.74 Å². The first kappa shape index (κ1) is 17.1. The summed E-state index contributed by atoms with van der Waals surface area (Å²) in [7, 11) is 0. The van der Waals surface area contributed by atoms with E-state index in [1.165, 1.54) is 6.07 Å². The van der Waals surface area contributed by atoms with Crippen LogP contribution in [0, 0.1) is 5.82 Å². The third-order valence-electron chi connectivity index (χ3n) is 2.70. The molecule has 1 aromatic carbocycles. The van der Waals surface area contributed by atoms with E-state index in [0.29, 0.717) is 12.0 Å². The van der Waals surface area contributed by atoms with Crippen LogP contribution in [0.25, 0.3) is 0 Å². The number of alkyl carbamates (subject to hydrolysis) is 1. The van der Waals surface area contributed by atoms with Crippen LogP contribution >= 0.6 is 0 Å². The average molecular weight is 295 g/mol. The number of nitrogens with one attached hydrogen (secondary N) is 1. The van der Waals surface area contributed by atoms with Crippen LogP contribution in [0.15, 0.2) is 24.3 Å². The van der Waals surface area contributed by atoms with Gasteiger partial charge in [0.1, 0.15) is 17.2 Å². The second-order valence-electron chi connectivity index (χ2n) is 5.81. The minimum Gasteiger partial charge on any atom is -0.444 e. The van der Waals surface area contributed by atoms with Gasteiger partial charge in [0, 0.05) is 19.4 Å². The van der Waals surface area contributed by atoms with Crippen molar-refractivity contribution in [2.24, 2.45) is 0 Å². The van der Waals surface area contributed by atoms with Crippen molar-refractivity contribution < 1.29 is 18.7 Å². The normalized spacial score (nSPS) is 11.0. The molecule has 1 rings (SSSR count). The molecule has 0 bridgehead atoms. The Hall–Kier alpha value is -1.91. The van der Waals surface area contributed by atoms with Gasteiger partial charge in [0.05, 0.1) is 0 Å². The average Bonchev–Trinajstić information content (AvgIpc) is 2.35. The number of ketones is 1. The fourth-order valence-corrected chi connectivity index (χ4v) is 1.72. The van der Waals surface area contributed by atoms with Crippen molar-refractivity contribution in [1.82, 2.24) is 5.32 Å². The van der Waals surface area contributed by atoms with Crippen molar-refractivity contribution >= 4 is 11.9 Å². The smallest absolute Gasteiger partial charge is 0.407 e. The van der Waals surface area contributed by atoms with E-state index >= 15 is 0 Å². The highest BCUT2D eigenvalue weighted by Gasteiger charge is 2.15. The molecule has 21 heavy (non-hydrogen) atoms. The van der Waals surface area contributed by atoms with E-state index in [1.807, 2.05) is 0 Å². The minimum absolute atomic E-state index is 0.0192. The summed E-state index contributed by atoms with van der Waals surface area (Å²) in [6, 6.07) is 6.41. The summed E-state index contributed by atoms with van der Waals surface area (Å²) in [5.74, 6) is -0.313. The molecular formula is C16H22FNO3. The second-order valence-corrected chi connectivity index (χ2v) is 5.81. The first-order chi connectivity index (χ1) is 9.78. The maximum Gasteiger partial charge on any atom is 0.407 e. The molecule has 0 atom stereocenters. The molecule has 0 saturated heterocycles. The molecule has 1 aromatic rings. The van der Waals surface area contributed by atoms with Gasteiger partial charge in [-0.2, -0.15) is 0 Å². The molecule has 5 heteroatoms. The van der Waals surface area contributed by atoms with Gasteiger partial charge in [-0.25, -0.2) is 9.18 Å². The topological polar surface area (TPSA) is 55.4 Å². The van der Waals surface area contributed by atoms with E-state index in [2.05, 4.69) is 5.32 Å². The van der Waals surface area contributed by atoms with Gasteiger partial charge < -0.3 is 10.1 Å². The van der Waals surface area contributed by atoms with Crippen LogP contribution in [0.5, 0.6) is 0 Å². The molecule has 1 N–H and O–H groups in total. The maximum atomic E-state index is 13.4. The fraction of sp³-hybridized carbons (Fsp3) is 0.500. The predicted molar refractivity (Wildman–Crippen MR) is 78.6 cm³/mol. The minimum atomic E-state index is -0.557. The van der Waals surface area contributed by atoms with Gasteiger partial charge >= 0.3 is 6.09 Å². The van der Waals surface area contributed by atoms with Crippen LogP contribution < -0.4 is 5.32 Å². The van der Waals surface area contributed by atoms with Crippen LogP contribution in [0.1, 0.15) is 39.2 Å². The van der Waals surface area contributed by atoms with Gasteiger partial charge in [-0.1, -0.05) is 18.2 Å². The second kappa shape index (κ2) is 7.76. The number of benzene rings is 1. The molecule has 0 fully saturated rings. The third-order valence-corrected chi connectivity index (χ3v) is 2.70. The lowest BCUT2D eigenvalue weighted by Gasteiger charge is -2.19. The van der Waals surface area contributed by atoms with Crippen molar-refractivity contribution in [2.45, 2.75) is 45.6 Å². The van der Waals surface area contributed by atoms with Gasteiger partial charge in [-0.15, -0.1) is 0 Å². The largest absolute Gasteiger partial charge is 0.444 e. The fourth-order valence-electron chi connectivity index (χ4n) is 1.72. The maximum absolute atomic E-state index is 13.4. The highest BCUT2D eigenvalue weighted by Crippen LogP contribution is 2.10. The molecular weight excluding hydrogens is 273 g/mol. The predicted octanol–water partition coefficient (Wildman–Crippen LogP) is 3.24. The lowest BCUT2D eigenvalue weighted by molar-refractivity contribution is -0.118. The summed E-state index contributed by atoms with van der Waals surface area (Å²) >= 11 is 0. The zero-order valence-electron chi connectivity index (χ0n) is 12.7. The number of aryl methyl sites for hydroxylation is 1. The van der Waals surface area contributed by atoms with Crippen molar-refractivity contribution in [3.63, 3.8) is 0 Å². The molecule has 0 heterocycles. The van der Waals surface area contributed by atoms with Gasteiger partial charge in [0.2, 0.25) is 0 Å². The Kier molecular flexibility index (Phi) is 6.34. The number of rotatable bonds is 6. The molecule has 116 valence electrons. The Morgan fingerprint density at radius 1 is 1.19 bits per heavy atom. The number of carbonyl (C=O) groups is 2. The van der Waals surface area contributed by atoms with Crippen molar-refractivity contribution in [3.05, 3.63) is 35.6 Å². The molecule has 1 amide bonds. The van der Waals surface area contributed by atoms with Crippen LogP contribution in [0.4, 0.5) is 9.18 Å². The zero-order chi connectivity index (χ0) is 15.9. The summed E-state index contributed by atoms with van der Waals surface area (Å²) in [5.41, 5.74) is -0.0233. The summed E-state index contributed by atoms with van der Waals surface area (Å²) in [6.07, 6.45) is 0.312. The molecule has 0 aliphatic carbocycles. The van der Waals surface area contributed by atoms with Gasteiger partial charge in [-0.3, -0.25) is 4.79 Å². The Morgan fingerprint density at radius 2 is 1.86 bits per heavy atom. The molecule has 0 aliphatic rings. The Morgan fingerprint density at radius 3 is 2.48 bits per heavy atom. The number of ether oxygens (including phenoxy) is 1. The van der Waals surface area contributed by atoms with E-state index < -0.39 is 11.7 Å². The van der Waals surface area contributed by atoms with Crippen molar-refractivity contribution in [3.8, 4) is 0 Å². The van der Waals surface area contributed by atoms with Crippen molar-refractivity contribution in [2.75, 3.05) is 6.54 Å². The number of amides is 1. The third kappa shape index (κ3) is 7.44. The first-order valence-electron chi connectivity index (χ1n) is 7.00. The van der Waals surface area contributed by atoms with Crippen molar-refractivity contribution in [1.29, 1.82) is 0 Å². The van der Waals surface area contributed by atoms with Crippen LogP contribution in [-0.2, 0) is 16.0 Å². The summed E-state index contributed by atoms with van der Waals surface area (Å²) in [4.78, 5) is 23.0. The van der Waals surface area contributed by atoms with Crippen LogP contribution in [0.2, 0.25) is 0 Å². The van der Waals surface area contributed by atoms with Crippen LogP contribution in [-0.4, -0.2) is 24.0 Å². The highest BCUT2D eigenvalue weighted by atomic mass is 19.1. The first-order valence-corrected chi connectivity index (χ1v) is 7.00. The molecule has 0 radical (unpaired) electrons. The van der Waals surface area contributed by atoms with E-state index in [1.54, 1.807) is 39.0 Å². The number of hydrogen-bond donors (Lipinski definition) is 1. The van der Waals surface area contributed by atoms with Gasteiger partial charge in [0.15, 0.2) is 0 Å².